The van der Waals surface area contributed by atoms with E-state index in [9.17, 15) is 23.1 Å². The second kappa shape index (κ2) is 12.1. The number of allylic oxidation sites excluding steroid dienone is 1. The average Bonchev–Trinajstić information content (AvgIpc) is 3.09. The van der Waals surface area contributed by atoms with Crippen molar-refractivity contribution in [2.75, 3.05) is 37.0 Å². The molecule has 2 heterocycles. The van der Waals surface area contributed by atoms with Crippen LogP contribution in [0.15, 0.2) is 48.6 Å². The minimum Gasteiger partial charge on any atom is -0.490 e. The monoisotopic (exact) mass is 628 g/mol. The fourth-order valence-electron chi connectivity index (χ4n) is 7.15. The largest absolute Gasteiger partial charge is 0.490 e. The van der Waals surface area contributed by atoms with Gasteiger partial charge >= 0.3 is 5.97 Å². The minimum absolute atomic E-state index is 0.111. The van der Waals surface area contributed by atoms with Crippen LogP contribution in [0.2, 0.25) is 5.02 Å². The third-order valence-electron chi connectivity index (χ3n) is 9.41. The Labute approximate surface area is 257 Å². The van der Waals surface area contributed by atoms with Crippen LogP contribution in [0.5, 0.6) is 5.75 Å². The lowest BCUT2D eigenvalue weighted by atomic mass is 9.68. The number of hydrogen-bond donors (Lipinski definition) is 2. The van der Waals surface area contributed by atoms with Crippen molar-refractivity contribution in [1.82, 2.24) is 4.72 Å². The highest BCUT2D eigenvalue weighted by Crippen LogP contribution is 2.47. The van der Waals surface area contributed by atoms with Gasteiger partial charge in [0, 0.05) is 29.1 Å². The molecule has 6 rings (SSSR count). The lowest BCUT2D eigenvalue weighted by Gasteiger charge is -2.46. The zero-order valence-electron chi connectivity index (χ0n) is 24.0. The van der Waals surface area contributed by atoms with Crippen molar-refractivity contribution in [2.45, 2.75) is 56.5 Å². The van der Waals surface area contributed by atoms with Crippen LogP contribution in [0.25, 0.3) is 0 Å². The van der Waals surface area contributed by atoms with E-state index in [0.717, 1.165) is 37.8 Å². The number of sulfonamides is 1. The molecule has 2 aromatic carbocycles. The summed E-state index contributed by atoms with van der Waals surface area (Å²) in [5, 5.41) is 10.0. The first-order valence-corrected chi connectivity index (χ1v) is 17.0. The highest BCUT2D eigenvalue weighted by atomic mass is 35.5. The Morgan fingerprint density at radius 1 is 1.19 bits per heavy atom. The summed E-state index contributed by atoms with van der Waals surface area (Å²) in [6, 6.07) is 11.2. The fraction of sp³-hybridized carbons (Fsp3) is 0.500. The standard InChI is InChI=1S/C32H37ClN2O7S/c33-24-9-11-26-21(15-24)5-4-13-32(26)19-35-17-23-7-10-25(23)28(41-18-30(36)37)6-2-1-3-14-43(39,40)34-31(38)22-8-12-29(42-20-32)27(35)16-22/h2,6,8-9,11-12,15-16,23,25,28H,1,3-5,7,10,13-14,17-20H2,(H,34,38)(H,36,37)/b6-2-/t23-,25+,28+,32-/m0/s1. The number of aliphatic carboxylic acids is 1. The third-order valence-corrected chi connectivity index (χ3v) is 11.0. The second-order valence-electron chi connectivity index (χ2n) is 12.3. The highest BCUT2D eigenvalue weighted by Gasteiger charge is 2.44. The molecule has 4 atom stereocenters. The predicted molar refractivity (Wildman–Crippen MR) is 163 cm³/mol. The molecule has 1 fully saturated rings. The van der Waals surface area contributed by atoms with Gasteiger partial charge in [0.2, 0.25) is 10.0 Å². The number of rotatable bonds is 3. The number of nitrogens with one attached hydrogen (secondary N) is 1. The summed E-state index contributed by atoms with van der Waals surface area (Å²) in [5.41, 5.74) is 3.15. The summed E-state index contributed by atoms with van der Waals surface area (Å²) >= 11 is 6.38. The molecule has 43 heavy (non-hydrogen) atoms. The van der Waals surface area contributed by atoms with Crippen LogP contribution in [0.1, 0.15) is 60.0 Å². The molecule has 1 amide bonds. The molecule has 0 aromatic heterocycles. The SMILES string of the molecule is O=C(O)CO[C@@H]1/C=C\CCCS(=O)(=O)NC(=O)c2ccc3c(c2)N(C[C@@H]2CC[C@H]21)C[C@@]1(CCCc2cc(Cl)ccc21)CO3. The molecule has 2 aromatic rings. The van der Waals surface area contributed by atoms with Gasteiger partial charge in [-0.15, -0.1) is 0 Å². The topological polar surface area (TPSA) is 122 Å². The van der Waals surface area contributed by atoms with Crippen LogP contribution in [-0.2, 0) is 31.4 Å². The van der Waals surface area contributed by atoms with E-state index < -0.39 is 28.5 Å². The molecule has 0 unspecified atom stereocenters. The van der Waals surface area contributed by atoms with Crippen molar-refractivity contribution < 1.29 is 32.6 Å². The smallest absolute Gasteiger partial charge is 0.329 e. The van der Waals surface area contributed by atoms with Crippen molar-refractivity contribution in [3.63, 3.8) is 0 Å². The average molecular weight is 629 g/mol. The van der Waals surface area contributed by atoms with Gasteiger partial charge in [0.15, 0.2) is 0 Å². The van der Waals surface area contributed by atoms with Crippen LogP contribution < -0.4 is 14.4 Å². The molecule has 9 nitrogen and oxygen atoms in total. The van der Waals surface area contributed by atoms with Gasteiger partial charge in [-0.2, -0.15) is 0 Å². The number of carbonyl (C=O) groups is 2. The number of carbonyl (C=O) groups excluding carboxylic acids is 1. The Hall–Kier alpha value is -3.08. The molecule has 2 aliphatic heterocycles. The lowest BCUT2D eigenvalue weighted by molar-refractivity contribution is -0.145. The number of nitrogens with zero attached hydrogens (tertiary/aromatic N) is 1. The number of carboxylic acid groups (broad SMARTS) is 1. The number of fused-ring (bicyclic) bond motifs is 4. The molecular formula is C32H37ClN2O7S. The van der Waals surface area contributed by atoms with Crippen molar-refractivity contribution >= 4 is 39.2 Å². The maximum atomic E-state index is 13.1. The highest BCUT2D eigenvalue weighted by molar-refractivity contribution is 7.90. The third kappa shape index (κ3) is 6.42. The van der Waals surface area contributed by atoms with Gasteiger partial charge in [-0.1, -0.05) is 29.8 Å². The number of ether oxygens (including phenoxy) is 2. The van der Waals surface area contributed by atoms with Gasteiger partial charge in [-0.05, 0) is 98.2 Å². The van der Waals surface area contributed by atoms with Crippen molar-refractivity contribution in [3.05, 3.63) is 70.3 Å². The second-order valence-corrected chi connectivity index (χ2v) is 14.6. The Bertz CT molecular complexity index is 1540. The molecule has 1 saturated carbocycles. The number of amides is 1. The number of halogens is 1. The Balaban J connectivity index is 1.40. The number of hydrogen-bond acceptors (Lipinski definition) is 7. The zero-order valence-corrected chi connectivity index (χ0v) is 25.5. The molecule has 2 aliphatic carbocycles. The van der Waals surface area contributed by atoms with Crippen LogP contribution in [0.4, 0.5) is 5.69 Å². The van der Waals surface area contributed by atoms with Crippen molar-refractivity contribution in [3.8, 4) is 5.75 Å². The van der Waals surface area contributed by atoms with E-state index in [1.54, 1.807) is 18.2 Å². The summed E-state index contributed by atoms with van der Waals surface area (Å²) in [6.45, 7) is 1.38. The van der Waals surface area contributed by atoms with Crippen LogP contribution in [0.3, 0.4) is 0 Å². The van der Waals surface area contributed by atoms with E-state index in [1.165, 1.54) is 11.1 Å². The van der Waals surface area contributed by atoms with E-state index in [2.05, 4.69) is 15.7 Å². The maximum absolute atomic E-state index is 13.1. The van der Waals surface area contributed by atoms with Crippen molar-refractivity contribution in [2.24, 2.45) is 11.8 Å². The van der Waals surface area contributed by atoms with Crippen LogP contribution >= 0.6 is 11.6 Å². The summed E-state index contributed by atoms with van der Waals surface area (Å²) in [4.78, 5) is 26.8. The Kier molecular flexibility index (Phi) is 8.45. The number of benzene rings is 2. The molecule has 11 heteroatoms. The van der Waals surface area contributed by atoms with Crippen molar-refractivity contribution in [1.29, 1.82) is 0 Å². The number of carboxylic acids is 1. The van der Waals surface area contributed by atoms with E-state index >= 15 is 0 Å². The molecule has 2 N–H and O–H groups in total. The summed E-state index contributed by atoms with van der Waals surface area (Å²) in [6.07, 6.45) is 8.89. The molecule has 2 bridgehead atoms. The van der Waals surface area contributed by atoms with Gasteiger partial charge in [-0.3, -0.25) is 4.79 Å². The zero-order chi connectivity index (χ0) is 30.2. The molecular weight excluding hydrogens is 592 g/mol. The van der Waals surface area contributed by atoms with E-state index in [4.69, 9.17) is 21.1 Å². The van der Waals surface area contributed by atoms with E-state index in [0.29, 0.717) is 43.3 Å². The summed E-state index contributed by atoms with van der Waals surface area (Å²) in [5.74, 6) is -0.909. The predicted octanol–water partition coefficient (Wildman–Crippen LogP) is 4.72. The first-order chi connectivity index (χ1) is 20.6. The first-order valence-electron chi connectivity index (χ1n) is 15.0. The van der Waals surface area contributed by atoms with Gasteiger partial charge in [0.05, 0.1) is 24.2 Å². The first kappa shape index (κ1) is 30.0. The Morgan fingerprint density at radius 3 is 2.84 bits per heavy atom. The van der Waals surface area contributed by atoms with Gasteiger partial charge in [0.1, 0.15) is 12.4 Å². The minimum atomic E-state index is -3.85. The quantitative estimate of drug-likeness (QED) is 0.469. The molecule has 4 aliphatic rings. The van der Waals surface area contributed by atoms with E-state index in [-0.39, 0.29) is 34.7 Å². The normalized spacial score (nSPS) is 29.2. The van der Waals surface area contributed by atoms with Crippen LogP contribution in [-0.4, -0.2) is 63.6 Å². The van der Waals surface area contributed by atoms with Gasteiger partial charge in [-0.25, -0.2) is 17.9 Å². The van der Waals surface area contributed by atoms with Crippen LogP contribution in [0, 0.1) is 11.8 Å². The number of anilines is 1. The molecule has 0 saturated heterocycles. The number of aryl methyl sites for hydroxylation is 1. The molecule has 1 spiro atoms. The fourth-order valence-corrected chi connectivity index (χ4v) is 8.40. The molecule has 0 radical (unpaired) electrons. The van der Waals surface area contributed by atoms with Gasteiger partial charge < -0.3 is 19.5 Å². The maximum Gasteiger partial charge on any atom is 0.329 e. The summed E-state index contributed by atoms with van der Waals surface area (Å²) < 4.78 is 40.0. The Morgan fingerprint density at radius 2 is 2.05 bits per heavy atom. The van der Waals surface area contributed by atoms with E-state index in [1.807, 2.05) is 24.3 Å². The summed E-state index contributed by atoms with van der Waals surface area (Å²) in [7, 11) is -3.85. The molecule has 230 valence electrons. The lowest BCUT2D eigenvalue weighted by Crippen LogP contribution is -2.49. The van der Waals surface area contributed by atoms with Gasteiger partial charge in [0.25, 0.3) is 5.91 Å².